The second-order valence-corrected chi connectivity index (χ2v) is 4.86. The Morgan fingerprint density at radius 2 is 1.90 bits per heavy atom. The normalized spacial score (nSPS) is 10.8. The van der Waals surface area contributed by atoms with E-state index >= 15 is 0 Å². The number of hydrogen-bond donors (Lipinski definition) is 3. The number of carbonyl (C=O) groups excluding carboxylic acids is 1. The van der Waals surface area contributed by atoms with Crippen molar-refractivity contribution in [3.63, 3.8) is 0 Å². The van der Waals surface area contributed by atoms with Crippen LogP contribution in [0.5, 0.6) is 11.5 Å². The van der Waals surface area contributed by atoms with Gasteiger partial charge in [0.15, 0.2) is 11.5 Å². The Labute approximate surface area is 130 Å². The lowest BCUT2D eigenvalue weighted by Gasteiger charge is -2.03. The van der Waals surface area contributed by atoms with Crippen LogP contribution in [0.1, 0.15) is 15.9 Å². The third-order valence-corrected chi connectivity index (χ3v) is 3.34. The van der Waals surface area contributed by atoms with Gasteiger partial charge in [0.1, 0.15) is 0 Å². The lowest BCUT2D eigenvalue weighted by molar-refractivity contribution is 0.0955. The zero-order chi connectivity index (χ0) is 15.4. The van der Waals surface area contributed by atoms with Crippen LogP contribution in [-0.2, 0) is 0 Å². The second kappa shape index (κ2) is 6.47. The first-order valence-electron chi connectivity index (χ1n) is 5.78. The van der Waals surface area contributed by atoms with E-state index in [1.165, 1.54) is 42.6 Å². The molecule has 0 atom stereocenters. The molecular weight excluding hydrogens is 315 g/mol. The number of halogens is 2. The number of para-hydroxylation sites is 1. The molecule has 5 nitrogen and oxygen atoms in total. The van der Waals surface area contributed by atoms with Crippen molar-refractivity contribution in [2.45, 2.75) is 0 Å². The fourth-order valence-corrected chi connectivity index (χ4v) is 1.81. The van der Waals surface area contributed by atoms with Gasteiger partial charge in [0.05, 0.1) is 16.3 Å². The van der Waals surface area contributed by atoms with E-state index in [0.29, 0.717) is 10.6 Å². The van der Waals surface area contributed by atoms with Crippen LogP contribution in [0.4, 0.5) is 0 Å². The molecule has 2 aromatic rings. The van der Waals surface area contributed by atoms with E-state index in [1.54, 1.807) is 0 Å². The van der Waals surface area contributed by atoms with Gasteiger partial charge in [-0.3, -0.25) is 4.79 Å². The lowest BCUT2D eigenvalue weighted by atomic mass is 10.2. The SMILES string of the molecule is O=C(N/N=C/c1cccc(O)c1O)c1ccc(Cl)c(Cl)c1. The van der Waals surface area contributed by atoms with Crippen molar-refractivity contribution < 1.29 is 15.0 Å². The molecule has 108 valence electrons. The second-order valence-electron chi connectivity index (χ2n) is 4.04. The fraction of sp³-hybridized carbons (Fsp3) is 0. The summed E-state index contributed by atoms with van der Waals surface area (Å²) >= 11 is 11.6. The number of nitrogens with zero attached hydrogens (tertiary/aromatic N) is 1. The van der Waals surface area contributed by atoms with E-state index in [9.17, 15) is 15.0 Å². The van der Waals surface area contributed by atoms with Gasteiger partial charge in [0.25, 0.3) is 5.91 Å². The number of hydrazone groups is 1. The molecule has 0 aliphatic heterocycles. The first-order valence-corrected chi connectivity index (χ1v) is 6.54. The van der Waals surface area contributed by atoms with Crippen molar-refractivity contribution in [3.05, 3.63) is 57.6 Å². The summed E-state index contributed by atoms with van der Waals surface area (Å²) in [5, 5.41) is 23.2. The first kappa shape index (κ1) is 15.2. The zero-order valence-electron chi connectivity index (χ0n) is 10.5. The highest BCUT2D eigenvalue weighted by Crippen LogP contribution is 2.26. The van der Waals surface area contributed by atoms with E-state index < -0.39 is 5.91 Å². The highest BCUT2D eigenvalue weighted by atomic mass is 35.5. The van der Waals surface area contributed by atoms with Crippen LogP contribution in [0.3, 0.4) is 0 Å². The average Bonchev–Trinajstić information content (AvgIpc) is 2.46. The van der Waals surface area contributed by atoms with Crippen molar-refractivity contribution in [2.75, 3.05) is 0 Å². The monoisotopic (exact) mass is 324 g/mol. The van der Waals surface area contributed by atoms with Crippen LogP contribution in [-0.4, -0.2) is 22.3 Å². The number of carbonyl (C=O) groups is 1. The van der Waals surface area contributed by atoms with Gasteiger partial charge in [-0.15, -0.1) is 0 Å². The summed E-state index contributed by atoms with van der Waals surface area (Å²) in [7, 11) is 0. The highest BCUT2D eigenvalue weighted by Gasteiger charge is 2.07. The molecule has 0 aromatic heterocycles. The molecule has 3 N–H and O–H groups in total. The molecule has 2 rings (SSSR count). The third-order valence-electron chi connectivity index (χ3n) is 2.60. The fourth-order valence-electron chi connectivity index (χ4n) is 1.52. The summed E-state index contributed by atoms with van der Waals surface area (Å²) in [6.45, 7) is 0. The van der Waals surface area contributed by atoms with E-state index in [-0.39, 0.29) is 22.1 Å². The van der Waals surface area contributed by atoms with Gasteiger partial charge in [-0.05, 0) is 30.3 Å². The maximum atomic E-state index is 11.8. The van der Waals surface area contributed by atoms with Gasteiger partial charge in [-0.25, -0.2) is 5.43 Å². The molecule has 0 saturated carbocycles. The quantitative estimate of drug-likeness (QED) is 0.460. The van der Waals surface area contributed by atoms with Gasteiger partial charge in [-0.1, -0.05) is 29.3 Å². The molecule has 0 unspecified atom stereocenters. The van der Waals surface area contributed by atoms with Gasteiger partial charge in [0.2, 0.25) is 0 Å². The molecule has 0 spiro atoms. The number of aromatic hydroxyl groups is 2. The minimum absolute atomic E-state index is 0.263. The Morgan fingerprint density at radius 1 is 1.14 bits per heavy atom. The molecule has 0 heterocycles. The van der Waals surface area contributed by atoms with E-state index in [4.69, 9.17) is 23.2 Å². The van der Waals surface area contributed by atoms with Gasteiger partial charge in [0, 0.05) is 11.1 Å². The molecular formula is C14H10Cl2N2O3. The lowest BCUT2D eigenvalue weighted by Crippen LogP contribution is -2.17. The van der Waals surface area contributed by atoms with Crippen molar-refractivity contribution in [2.24, 2.45) is 5.10 Å². The van der Waals surface area contributed by atoms with Crippen molar-refractivity contribution in [3.8, 4) is 11.5 Å². The van der Waals surface area contributed by atoms with Crippen LogP contribution in [0.2, 0.25) is 10.0 Å². The number of amides is 1. The minimum atomic E-state index is -0.482. The average molecular weight is 325 g/mol. The maximum Gasteiger partial charge on any atom is 0.271 e. The van der Waals surface area contributed by atoms with Crippen molar-refractivity contribution in [1.29, 1.82) is 0 Å². The molecule has 2 aromatic carbocycles. The van der Waals surface area contributed by atoms with Gasteiger partial charge >= 0.3 is 0 Å². The number of benzene rings is 2. The van der Waals surface area contributed by atoms with Crippen molar-refractivity contribution >= 4 is 35.3 Å². The summed E-state index contributed by atoms with van der Waals surface area (Å²) in [6, 6.07) is 8.83. The third kappa shape index (κ3) is 3.65. The van der Waals surface area contributed by atoms with Gasteiger partial charge < -0.3 is 10.2 Å². The highest BCUT2D eigenvalue weighted by molar-refractivity contribution is 6.42. The summed E-state index contributed by atoms with van der Waals surface area (Å²) in [5.41, 5.74) is 2.84. The largest absolute Gasteiger partial charge is 0.504 e. The summed E-state index contributed by atoms with van der Waals surface area (Å²) in [6.07, 6.45) is 1.21. The Hall–Kier alpha value is -2.24. The minimum Gasteiger partial charge on any atom is -0.504 e. The Morgan fingerprint density at radius 3 is 2.62 bits per heavy atom. The van der Waals surface area contributed by atoms with Crippen LogP contribution in [0, 0.1) is 0 Å². The van der Waals surface area contributed by atoms with Gasteiger partial charge in [-0.2, -0.15) is 5.10 Å². The Bertz CT molecular complexity index is 717. The van der Waals surface area contributed by atoms with Crippen LogP contribution in [0.25, 0.3) is 0 Å². The zero-order valence-corrected chi connectivity index (χ0v) is 12.1. The predicted octanol–water partition coefficient (Wildman–Crippen LogP) is 3.17. The standard InChI is InChI=1S/C14H10Cl2N2O3/c15-10-5-4-8(6-11(10)16)14(21)18-17-7-9-2-1-3-12(19)13(9)20/h1-7,19-20H,(H,18,21)/b17-7+. The molecule has 0 aliphatic rings. The maximum absolute atomic E-state index is 11.8. The summed E-state index contributed by atoms with van der Waals surface area (Å²) in [5.74, 6) is -1.07. The number of rotatable bonds is 3. The smallest absolute Gasteiger partial charge is 0.271 e. The van der Waals surface area contributed by atoms with Crippen molar-refractivity contribution in [1.82, 2.24) is 5.43 Å². The van der Waals surface area contributed by atoms with Crippen LogP contribution < -0.4 is 5.43 Å². The van der Waals surface area contributed by atoms with Crippen LogP contribution in [0.15, 0.2) is 41.5 Å². The molecule has 1 amide bonds. The Kier molecular flexibility index (Phi) is 4.67. The molecule has 21 heavy (non-hydrogen) atoms. The molecule has 7 heteroatoms. The number of hydrogen-bond acceptors (Lipinski definition) is 4. The Balaban J connectivity index is 2.08. The summed E-state index contributed by atoms with van der Waals surface area (Å²) < 4.78 is 0. The summed E-state index contributed by atoms with van der Waals surface area (Å²) in [4.78, 5) is 11.8. The molecule has 0 radical (unpaired) electrons. The van der Waals surface area contributed by atoms with E-state index in [0.717, 1.165) is 0 Å². The van der Waals surface area contributed by atoms with E-state index in [1.807, 2.05) is 0 Å². The molecule has 0 bridgehead atoms. The number of nitrogens with one attached hydrogen (secondary N) is 1. The number of phenolic OH excluding ortho intramolecular Hbond substituents is 2. The van der Waals surface area contributed by atoms with Crippen LogP contribution >= 0.6 is 23.2 Å². The van der Waals surface area contributed by atoms with E-state index in [2.05, 4.69) is 10.5 Å². The molecule has 0 fully saturated rings. The molecule has 0 aliphatic carbocycles. The first-order chi connectivity index (χ1) is 9.99. The molecule has 0 saturated heterocycles. The topological polar surface area (TPSA) is 81.9 Å². The number of phenols is 2. The predicted molar refractivity (Wildman–Crippen MR) is 81.3 cm³/mol.